The minimum Gasteiger partial charge on any atom is -0.326 e. The van der Waals surface area contributed by atoms with Gasteiger partial charge in [0, 0.05) is 18.5 Å². The molecule has 1 aromatic rings. The van der Waals surface area contributed by atoms with Crippen LogP contribution in [0.5, 0.6) is 0 Å². The van der Waals surface area contributed by atoms with Crippen molar-refractivity contribution in [3.8, 4) is 0 Å². The van der Waals surface area contributed by atoms with Crippen molar-refractivity contribution < 1.29 is 4.79 Å². The smallest absolute Gasteiger partial charge is 0.163 e. The fourth-order valence-corrected chi connectivity index (χ4v) is 1.94. The second-order valence-corrected chi connectivity index (χ2v) is 3.42. The molecule has 0 unspecified atom stereocenters. The molecule has 0 saturated heterocycles. The van der Waals surface area contributed by atoms with Crippen molar-refractivity contribution >= 4 is 5.78 Å². The average molecular weight is 175 g/mol. The molecule has 0 aliphatic heterocycles. The monoisotopic (exact) mass is 175 g/mol. The Labute approximate surface area is 77.8 Å². The molecule has 2 rings (SSSR count). The number of nitrogens with two attached hydrogens (primary N) is 1. The third-order valence-corrected chi connectivity index (χ3v) is 2.62. The van der Waals surface area contributed by atoms with Gasteiger partial charge in [-0.15, -0.1) is 0 Å². The average Bonchev–Trinajstić information content (AvgIpc) is 2.18. The van der Waals surface area contributed by atoms with E-state index in [1.165, 1.54) is 5.56 Å². The molecule has 0 saturated carbocycles. The van der Waals surface area contributed by atoms with E-state index in [1.807, 2.05) is 18.2 Å². The van der Waals surface area contributed by atoms with Gasteiger partial charge in [0.15, 0.2) is 5.78 Å². The second-order valence-electron chi connectivity index (χ2n) is 3.42. The standard InChI is InChI=1S/C11H13NO/c12-7-8-3-1-5-10-9(8)4-2-6-11(10)13/h1,3,5H,2,4,6-7,12H2. The zero-order valence-corrected chi connectivity index (χ0v) is 7.55. The molecule has 68 valence electrons. The molecule has 13 heavy (non-hydrogen) atoms. The molecule has 0 bridgehead atoms. The molecule has 1 aromatic carbocycles. The first kappa shape index (κ1) is 8.45. The van der Waals surface area contributed by atoms with Gasteiger partial charge in [0.05, 0.1) is 0 Å². The fraction of sp³-hybridized carbons (Fsp3) is 0.364. The quantitative estimate of drug-likeness (QED) is 0.705. The zero-order valence-electron chi connectivity index (χ0n) is 7.55. The number of rotatable bonds is 1. The van der Waals surface area contributed by atoms with E-state index < -0.39 is 0 Å². The molecular formula is C11H13NO. The van der Waals surface area contributed by atoms with Gasteiger partial charge in [0.25, 0.3) is 0 Å². The maximum atomic E-state index is 11.5. The summed E-state index contributed by atoms with van der Waals surface area (Å²) in [5.41, 5.74) is 8.82. The summed E-state index contributed by atoms with van der Waals surface area (Å²) in [6, 6.07) is 5.84. The first-order chi connectivity index (χ1) is 6.33. The largest absolute Gasteiger partial charge is 0.326 e. The molecule has 0 heterocycles. The van der Waals surface area contributed by atoms with E-state index in [9.17, 15) is 4.79 Å². The van der Waals surface area contributed by atoms with Crippen LogP contribution >= 0.6 is 0 Å². The van der Waals surface area contributed by atoms with Crippen molar-refractivity contribution in [2.75, 3.05) is 0 Å². The van der Waals surface area contributed by atoms with Crippen LogP contribution in [0.25, 0.3) is 0 Å². The molecule has 2 heteroatoms. The molecule has 0 aromatic heterocycles. The van der Waals surface area contributed by atoms with Crippen LogP contribution in [0.1, 0.15) is 34.3 Å². The maximum absolute atomic E-state index is 11.5. The molecular weight excluding hydrogens is 162 g/mol. The minimum absolute atomic E-state index is 0.275. The van der Waals surface area contributed by atoms with Gasteiger partial charge in [-0.1, -0.05) is 18.2 Å². The van der Waals surface area contributed by atoms with Gasteiger partial charge in [0.2, 0.25) is 0 Å². The summed E-state index contributed by atoms with van der Waals surface area (Å²) >= 11 is 0. The lowest BCUT2D eigenvalue weighted by atomic mass is 9.87. The number of fused-ring (bicyclic) bond motifs is 1. The summed E-state index contributed by atoms with van der Waals surface area (Å²) in [5.74, 6) is 0.275. The fourth-order valence-electron chi connectivity index (χ4n) is 1.94. The number of carbonyl (C=O) groups excluding carboxylic acids is 1. The van der Waals surface area contributed by atoms with Gasteiger partial charge in [-0.25, -0.2) is 0 Å². The summed E-state index contributed by atoms with van der Waals surface area (Å²) in [4.78, 5) is 11.5. The first-order valence-electron chi connectivity index (χ1n) is 4.67. The summed E-state index contributed by atoms with van der Waals surface area (Å²) < 4.78 is 0. The van der Waals surface area contributed by atoms with Crippen molar-refractivity contribution in [1.29, 1.82) is 0 Å². The SMILES string of the molecule is NCc1cccc2c1CCCC2=O. The molecule has 2 N–H and O–H groups in total. The van der Waals surface area contributed by atoms with E-state index >= 15 is 0 Å². The van der Waals surface area contributed by atoms with Gasteiger partial charge in [-0.05, 0) is 24.0 Å². The Bertz CT molecular complexity index is 344. The Hall–Kier alpha value is -1.15. The van der Waals surface area contributed by atoms with E-state index in [2.05, 4.69) is 0 Å². The number of Topliss-reactive ketones (excluding diaryl/α,β-unsaturated/α-hetero) is 1. The van der Waals surface area contributed by atoms with Crippen LogP contribution in [-0.4, -0.2) is 5.78 Å². The number of benzene rings is 1. The summed E-state index contributed by atoms with van der Waals surface area (Å²) in [5, 5.41) is 0. The van der Waals surface area contributed by atoms with E-state index in [0.717, 1.165) is 24.0 Å². The lowest BCUT2D eigenvalue weighted by Gasteiger charge is -2.17. The Kier molecular flexibility index (Phi) is 2.15. The molecule has 0 amide bonds. The molecule has 2 nitrogen and oxygen atoms in total. The van der Waals surface area contributed by atoms with Gasteiger partial charge in [-0.3, -0.25) is 4.79 Å². The van der Waals surface area contributed by atoms with Crippen LogP contribution < -0.4 is 5.73 Å². The van der Waals surface area contributed by atoms with Crippen molar-refractivity contribution in [3.05, 3.63) is 34.9 Å². The number of hydrogen-bond donors (Lipinski definition) is 1. The minimum atomic E-state index is 0.275. The summed E-state index contributed by atoms with van der Waals surface area (Å²) in [7, 11) is 0. The van der Waals surface area contributed by atoms with Crippen LogP contribution in [-0.2, 0) is 13.0 Å². The predicted octanol–water partition coefficient (Wildman–Crippen LogP) is 1.66. The van der Waals surface area contributed by atoms with E-state index in [0.29, 0.717) is 13.0 Å². The van der Waals surface area contributed by atoms with Crippen molar-refractivity contribution in [2.24, 2.45) is 5.73 Å². The molecule has 0 fully saturated rings. The lowest BCUT2D eigenvalue weighted by molar-refractivity contribution is 0.0972. The zero-order chi connectivity index (χ0) is 9.26. The molecule has 0 radical (unpaired) electrons. The molecule has 1 aliphatic carbocycles. The number of carbonyl (C=O) groups is 1. The second kappa shape index (κ2) is 3.30. The van der Waals surface area contributed by atoms with Crippen LogP contribution in [0.15, 0.2) is 18.2 Å². The van der Waals surface area contributed by atoms with Crippen LogP contribution in [0.3, 0.4) is 0 Å². The maximum Gasteiger partial charge on any atom is 0.163 e. The van der Waals surface area contributed by atoms with Crippen LogP contribution in [0, 0.1) is 0 Å². The third-order valence-electron chi connectivity index (χ3n) is 2.62. The van der Waals surface area contributed by atoms with Crippen molar-refractivity contribution in [2.45, 2.75) is 25.8 Å². The van der Waals surface area contributed by atoms with Crippen LogP contribution in [0.2, 0.25) is 0 Å². The Morgan fingerprint density at radius 3 is 2.92 bits per heavy atom. The molecule has 0 spiro atoms. The van der Waals surface area contributed by atoms with Gasteiger partial charge in [0.1, 0.15) is 0 Å². The predicted molar refractivity (Wildman–Crippen MR) is 51.6 cm³/mol. The Morgan fingerprint density at radius 2 is 2.15 bits per heavy atom. The van der Waals surface area contributed by atoms with Crippen molar-refractivity contribution in [1.82, 2.24) is 0 Å². The van der Waals surface area contributed by atoms with Crippen molar-refractivity contribution in [3.63, 3.8) is 0 Å². The van der Waals surface area contributed by atoms with E-state index in [1.54, 1.807) is 0 Å². The normalized spacial score (nSPS) is 15.6. The number of hydrogen-bond acceptors (Lipinski definition) is 2. The molecule has 0 atom stereocenters. The van der Waals surface area contributed by atoms with Gasteiger partial charge >= 0.3 is 0 Å². The summed E-state index contributed by atoms with van der Waals surface area (Å²) in [6.45, 7) is 0.538. The Morgan fingerprint density at radius 1 is 1.31 bits per heavy atom. The third kappa shape index (κ3) is 1.38. The summed E-state index contributed by atoms with van der Waals surface area (Å²) in [6.07, 6.45) is 2.68. The van der Waals surface area contributed by atoms with Gasteiger partial charge < -0.3 is 5.73 Å². The lowest BCUT2D eigenvalue weighted by Crippen LogP contribution is -2.14. The van der Waals surface area contributed by atoms with E-state index in [-0.39, 0.29) is 5.78 Å². The first-order valence-corrected chi connectivity index (χ1v) is 4.67. The topological polar surface area (TPSA) is 43.1 Å². The van der Waals surface area contributed by atoms with Crippen LogP contribution in [0.4, 0.5) is 0 Å². The highest BCUT2D eigenvalue weighted by atomic mass is 16.1. The van der Waals surface area contributed by atoms with Gasteiger partial charge in [-0.2, -0.15) is 0 Å². The number of ketones is 1. The highest BCUT2D eigenvalue weighted by Gasteiger charge is 2.18. The highest BCUT2D eigenvalue weighted by molar-refractivity contribution is 5.98. The molecule has 1 aliphatic rings. The highest BCUT2D eigenvalue weighted by Crippen LogP contribution is 2.23. The Balaban J connectivity index is 2.54. The van der Waals surface area contributed by atoms with E-state index in [4.69, 9.17) is 5.73 Å².